The van der Waals surface area contributed by atoms with E-state index in [1.54, 1.807) is 6.92 Å². The first-order valence-corrected chi connectivity index (χ1v) is 10.4. The summed E-state index contributed by atoms with van der Waals surface area (Å²) in [6, 6.07) is 11.3. The predicted molar refractivity (Wildman–Crippen MR) is 113 cm³/mol. The standard InChI is InChI=1S/C24H28N2O4/c1-15-6-4-7-16(2)21(15)30-14-20(27)13-26-22(28)24(3,25-23(26)29)19-11-10-17-8-5-9-18(17)12-19/h4,6-7,10-12,20,27H,5,8-9,13-14H2,1-3H3,(H,25,29)/t20-,24-/m0/s1. The monoisotopic (exact) mass is 408 g/mol. The van der Waals surface area contributed by atoms with Crippen LogP contribution in [0.15, 0.2) is 36.4 Å². The number of hydrogen-bond acceptors (Lipinski definition) is 4. The lowest BCUT2D eigenvalue weighted by atomic mass is 9.89. The molecular weight excluding hydrogens is 380 g/mol. The minimum atomic E-state index is -1.12. The Morgan fingerprint density at radius 2 is 1.83 bits per heavy atom. The van der Waals surface area contributed by atoms with E-state index >= 15 is 0 Å². The molecule has 30 heavy (non-hydrogen) atoms. The van der Waals surface area contributed by atoms with E-state index in [4.69, 9.17) is 4.74 Å². The largest absolute Gasteiger partial charge is 0.490 e. The van der Waals surface area contributed by atoms with Gasteiger partial charge in [0.2, 0.25) is 0 Å². The van der Waals surface area contributed by atoms with Crippen molar-refractivity contribution in [3.05, 3.63) is 64.2 Å². The van der Waals surface area contributed by atoms with Gasteiger partial charge in [-0.15, -0.1) is 0 Å². The maximum absolute atomic E-state index is 13.1. The molecule has 1 saturated heterocycles. The fourth-order valence-electron chi connectivity index (χ4n) is 4.41. The second-order valence-electron chi connectivity index (χ2n) is 8.49. The first-order valence-electron chi connectivity index (χ1n) is 10.4. The van der Waals surface area contributed by atoms with E-state index in [1.807, 2.05) is 44.2 Å². The molecule has 2 aromatic carbocycles. The molecule has 1 aliphatic carbocycles. The van der Waals surface area contributed by atoms with Crippen LogP contribution in [0.5, 0.6) is 5.75 Å². The molecule has 0 saturated carbocycles. The molecule has 2 N–H and O–H groups in total. The summed E-state index contributed by atoms with van der Waals surface area (Å²) < 4.78 is 5.78. The average molecular weight is 408 g/mol. The summed E-state index contributed by atoms with van der Waals surface area (Å²) in [5.74, 6) is 0.369. The number of carbonyl (C=O) groups is 2. The molecule has 1 aliphatic heterocycles. The zero-order chi connectivity index (χ0) is 21.5. The zero-order valence-electron chi connectivity index (χ0n) is 17.7. The van der Waals surface area contributed by atoms with Gasteiger partial charge >= 0.3 is 6.03 Å². The summed E-state index contributed by atoms with van der Waals surface area (Å²) in [5, 5.41) is 13.3. The molecule has 2 atom stereocenters. The van der Waals surface area contributed by atoms with Gasteiger partial charge in [0, 0.05) is 0 Å². The highest BCUT2D eigenvalue weighted by Gasteiger charge is 2.49. The number of β-amino-alcohol motifs (C(OH)–C–C–N with tert-alkyl or cyclic N) is 1. The number of aryl methyl sites for hydroxylation is 4. The number of nitrogens with zero attached hydrogens (tertiary/aromatic N) is 1. The first-order chi connectivity index (χ1) is 14.3. The van der Waals surface area contributed by atoms with Crippen molar-refractivity contribution < 1.29 is 19.4 Å². The van der Waals surface area contributed by atoms with Crippen LogP contribution in [-0.2, 0) is 23.2 Å². The average Bonchev–Trinajstić information content (AvgIpc) is 3.26. The molecule has 4 rings (SSSR count). The Labute approximate surface area is 176 Å². The third-order valence-corrected chi connectivity index (χ3v) is 6.17. The molecule has 2 aliphatic rings. The highest BCUT2D eigenvalue weighted by molar-refractivity contribution is 6.07. The van der Waals surface area contributed by atoms with Crippen LogP contribution < -0.4 is 10.1 Å². The number of urea groups is 1. The molecule has 0 unspecified atom stereocenters. The fraction of sp³-hybridized carbons (Fsp3) is 0.417. The zero-order valence-corrected chi connectivity index (χ0v) is 17.7. The van der Waals surface area contributed by atoms with Crippen LogP contribution in [0.2, 0.25) is 0 Å². The molecule has 0 aromatic heterocycles. The van der Waals surface area contributed by atoms with E-state index in [-0.39, 0.29) is 19.1 Å². The van der Waals surface area contributed by atoms with Gasteiger partial charge in [-0.3, -0.25) is 9.69 Å². The van der Waals surface area contributed by atoms with Gasteiger partial charge in [0.25, 0.3) is 5.91 Å². The van der Waals surface area contributed by atoms with E-state index in [1.165, 1.54) is 11.1 Å². The minimum absolute atomic E-state index is 0.00167. The number of para-hydroxylation sites is 1. The van der Waals surface area contributed by atoms with Crippen LogP contribution in [0, 0.1) is 13.8 Å². The number of aliphatic hydroxyl groups excluding tert-OH is 1. The first kappa shape index (κ1) is 20.4. The minimum Gasteiger partial charge on any atom is -0.490 e. The summed E-state index contributed by atoms with van der Waals surface area (Å²) in [4.78, 5) is 26.8. The van der Waals surface area contributed by atoms with Gasteiger partial charge in [-0.1, -0.05) is 36.4 Å². The molecule has 6 nitrogen and oxygen atoms in total. The summed E-state index contributed by atoms with van der Waals surface area (Å²) in [7, 11) is 0. The van der Waals surface area contributed by atoms with Crippen LogP contribution in [0.4, 0.5) is 4.79 Å². The molecule has 6 heteroatoms. The number of nitrogens with one attached hydrogen (secondary N) is 1. The molecule has 3 amide bonds. The highest BCUT2D eigenvalue weighted by atomic mass is 16.5. The van der Waals surface area contributed by atoms with Crippen molar-refractivity contribution in [2.45, 2.75) is 51.7 Å². The van der Waals surface area contributed by atoms with Crippen molar-refractivity contribution in [3.63, 3.8) is 0 Å². The van der Waals surface area contributed by atoms with Crippen LogP contribution in [0.25, 0.3) is 0 Å². The molecule has 0 radical (unpaired) electrons. The maximum atomic E-state index is 13.1. The second-order valence-corrected chi connectivity index (χ2v) is 8.49. The Hall–Kier alpha value is -2.86. The molecule has 0 spiro atoms. The topological polar surface area (TPSA) is 78.9 Å². The third-order valence-electron chi connectivity index (χ3n) is 6.17. The number of benzene rings is 2. The number of amides is 3. The van der Waals surface area contributed by atoms with E-state index in [0.29, 0.717) is 0 Å². The smallest absolute Gasteiger partial charge is 0.325 e. The number of fused-ring (bicyclic) bond motifs is 1. The van der Waals surface area contributed by atoms with E-state index in [9.17, 15) is 14.7 Å². The van der Waals surface area contributed by atoms with Gasteiger partial charge in [-0.05, 0) is 67.9 Å². The quantitative estimate of drug-likeness (QED) is 0.721. The summed E-state index contributed by atoms with van der Waals surface area (Å²) in [5.41, 5.74) is 4.17. The van der Waals surface area contributed by atoms with E-state index < -0.39 is 17.7 Å². The van der Waals surface area contributed by atoms with Gasteiger partial charge in [0.05, 0.1) is 6.54 Å². The second kappa shape index (κ2) is 7.76. The summed E-state index contributed by atoms with van der Waals surface area (Å²) in [6.45, 7) is 5.49. The number of hydrogen-bond donors (Lipinski definition) is 2. The normalized spacial score (nSPS) is 21.5. The molecule has 1 fully saturated rings. The van der Waals surface area contributed by atoms with Crippen molar-refractivity contribution in [1.29, 1.82) is 0 Å². The van der Waals surface area contributed by atoms with E-state index in [2.05, 4.69) is 11.4 Å². The van der Waals surface area contributed by atoms with Crippen molar-refractivity contribution in [1.82, 2.24) is 10.2 Å². The number of rotatable bonds is 6. The Morgan fingerprint density at radius 1 is 1.13 bits per heavy atom. The van der Waals surface area contributed by atoms with Crippen LogP contribution >= 0.6 is 0 Å². The molecular formula is C24H28N2O4. The van der Waals surface area contributed by atoms with Crippen molar-refractivity contribution in [2.75, 3.05) is 13.2 Å². The predicted octanol–water partition coefficient (Wildman–Crippen LogP) is 3.00. The number of aliphatic hydroxyl groups is 1. The Kier molecular flexibility index (Phi) is 5.28. The molecule has 1 heterocycles. The lowest BCUT2D eigenvalue weighted by Crippen LogP contribution is -2.42. The van der Waals surface area contributed by atoms with Gasteiger partial charge < -0.3 is 15.2 Å². The molecule has 2 aromatic rings. The number of carbonyl (C=O) groups excluding carboxylic acids is 2. The van der Waals surface area contributed by atoms with Crippen LogP contribution in [0.3, 0.4) is 0 Å². The summed E-state index contributed by atoms with van der Waals surface area (Å²) in [6.07, 6.45) is 2.19. The van der Waals surface area contributed by atoms with Crippen molar-refractivity contribution in [2.24, 2.45) is 0 Å². The SMILES string of the molecule is Cc1cccc(C)c1OC[C@@H](O)CN1C(=O)N[C@@](C)(c2ccc3c(c2)CCC3)C1=O. The van der Waals surface area contributed by atoms with Gasteiger partial charge in [-0.25, -0.2) is 4.79 Å². The van der Waals surface area contributed by atoms with Gasteiger partial charge in [-0.2, -0.15) is 0 Å². The fourth-order valence-corrected chi connectivity index (χ4v) is 4.41. The van der Waals surface area contributed by atoms with Crippen LogP contribution in [0.1, 0.15) is 41.2 Å². The van der Waals surface area contributed by atoms with Crippen LogP contribution in [-0.4, -0.2) is 41.2 Å². The van der Waals surface area contributed by atoms with Gasteiger partial charge in [0.1, 0.15) is 24.0 Å². The molecule has 0 bridgehead atoms. The van der Waals surface area contributed by atoms with Crippen molar-refractivity contribution in [3.8, 4) is 5.75 Å². The Balaban J connectivity index is 1.45. The maximum Gasteiger partial charge on any atom is 0.325 e. The molecule has 158 valence electrons. The highest BCUT2D eigenvalue weighted by Crippen LogP contribution is 2.32. The Morgan fingerprint density at radius 3 is 2.57 bits per heavy atom. The number of ether oxygens (including phenoxy) is 1. The lowest BCUT2D eigenvalue weighted by Gasteiger charge is -2.24. The van der Waals surface area contributed by atoms with Crippen molar-refractivity contribution >= 4 is 11.9 Å². The van der Waals surface area contributed by atoms with Gasteiger partial charge in [0.15, 0.2) is 0 Å². The lowest BCUT2D eigenvalue weighted by molar-refractivity contribution is -0.132. The summed E-state index contributed by atoms with van der Waals surface area (Å²) >= 11 is 0. The van der Waals surface area contributed by atoms with E-state index in [0.717, 1.165) is 46.6 Å². The number of imide groups is 1. The third kappa shape index (κ3) is 3.56. The Bertz CT molecular complexity index is 982.